The number of amides is 2. The van der Waals surface area contributed by atoms with Gasteiger partial charge in [-0.05, 0) is 29.5 Å². The summed E-state index contributed by atoms with van der Waals surface area (Å²) in [7, 11) is 0. The Bertz CT molecular complexity index is 964. The fraction of sp³-hybridized carbons (Fsp3) is 0.222. The lowest BCUT2D eigenvalue weighted by Gasteiger charge is -2.36. The van der Waals surface area contributed by atoms with Crippen LogP contribution in [-0.2, 0) is 15.0 Å². The van der Waals surface area contributed by atoms with E-state index in [2.05, 4.69) is 11.4 Å². The van der Waals surface area contributed by atoms with Gasteiger partial charge in [0.15, 0.2) is 0 Å². The van der Waals surface area contributed by atoms with Gasteiger partial charge in [-0.1, -0.05) is 91.0 Å². The highest BCUT2D eigenvalue weighted by Gasteiger charge is 2.39. The van der Waals surface area contributed by atoms with E-state index in [1.807, 2.05) is 91.0 Å². The Balaban J connectivity index is 2.04. The van der Waals surface area contributed by atoms with Crippen LogP contribution in [0.1, 0.15) is 42.4 Å². The van der Waals surface area contributed by atoms with E-state index in [4.69, 9.17) is 11.0 Å². The van der Waals surface area contributed by atoms with Crippen LogP contribution in [0.25, 0.3) is 0 Å². The molecule has 0 radical (unpaired) electrons. The Labute approximate surface area is 188 Å². The fourth-order valence-corrected chi connectivity index (χ4v) is 4.13. The van der Waals surface area contributed by atoms with E-state index in [1.54, 1.807) is 0 Å². The van der Waals surface area contributed by atoms with Crippen LogP contribution >= 0.6 is 0 Å². The van der Waals surface area contributed by atoms with Crippen LogP contribution < -0.4 is 11.1 Å². The second kappa shape index (κ2) is 10.9. The van der Waals surface area contributed by atoms with Crippen molar-refractivity contribution in [3.05, 3.63) is 108 Å². The molecule has 3 N–H and O–H groups in total. The first-order valence-electron chi connectivity index (χ1n) is 10.7. The summed E-state index contributed by atoms with van der Waals surface area (Å²) < 4.78 is 0. The van der Waals surface area contributed by atoms with Crippen molar-refractivity contribution in [3.63, 3.8) is 0 Å². The molecule has 3 rings (SSSR count). The number of unbranched alkanes of at least 4 members (excludes halogenated alkanes) is 1. The molecule has 0 aromatic heterocycles. The topological polar surface area (TPSA) is 96.0 Å². The lowest BCUT2D eigenvalue weighted by Crippen LogP contribution is -2.46. The first kappa shape index (κ1) is 22.8. The summed E-state index contributed by atoms with van der Waals surface area (Å²) in [6, 6.07) is 31.0. The van der Waals surface area contributed by atoms with Crippen molar-refractivity contribution in [2.75, 3.05) is 0 Å². The second-order valence-electron chi connectivity index (χ2n) is 7.75. The number of carbonyl (C=O) groups excluding carboxylic acids is 2. The van der Waals surface area contributed by atoms with Gasteiger partial charge in [-0.2, -0.15) is 5.26 Å². The third-order valence-electron chi connectivity index (χ3n) is 5.69. The highest BCUT2D eigenvalue weighted by Crippen LogP contribution is 2.42. The zero-order valence-electron chi connectivity index (χ0n) is 17.9. The molecule has 3 aromatic rings. The van der Waals surface area contributed by atoms with Crippen LogP contribution in [0.2, 0.25) is 0 Å². The largest absolute Gasteiger partial charge is 0.368 e. The molecule has 0 saturated heterocycles. The zero-order valence-corrected chi connectivity index (χ0v) is 17.9. The number of nitrogens with two attached hydrogens (primary N) is 1. The van der Waals surface area contributed by atoms with Crippen LogP contribution in [-0.4, -0.2) is 17.9 Å². The average Bonchev–Trinajstić information content (AvgIpc) is 2.83. The third kappa shape index (κ3) is 5.22. The Kier molecular flexibility index (Phi) is 7.77. The van der Waals surface area contributed by atoms with Gasteiger partial charge in [0.1, 0.15) is 6.04 Å². The monoisotopic (exact) mass is 425 g/mol. The lowest BCUT2D eigenvalue weighted by atomic mass is 9.67. The normalized spacial score (nSPS) is 11.8. The molecule has 32 heavy (non-hydrogen) atoms. The van der Waals surface area contributed by atoms with Crippen LogP contribution in [0.5, 0.6) is 0 Å². The Hall–Kier alpha value is -3.91. The van der Waals surface area contributed by atoms with Gasteiger partial charge in [-0.15, -0.1) is 0 Å². The molecule has 0 saturated carbocycles. The molecule has 3 aromatic carbocycles. The number of nitriles is 1. The molecule has 0 aliphatic carbocycles. The lowest BCUT2D eigenvalue weighted by molar-refractivity contribution is -0.128. The Morgan fingerprint density at radius 1 is 0.844 bits per heavy atom. The number of primary amides is 1. The summed E-state index contributed by atoms with van der Waals surface area (Å²) in [5, 5.41) is 11.6. The number of benzene rings is 3. The first-order valence-corrected chi connectivity index (χ1v) is 10.7. The Morgan fingerprint density at radius 2 is 1.28 bits per heavy atom. The van der Waals surface area contributed by atoms with Crippen LogP contribution in [0, 0.1) is 11.3 Å². The van der Waals surface area contributed by atoms with Gasteiger partial charge in [-0.25, -0.2) is 0 Å². The van der Waals surface area contributed by atoms with Crippen molar-refractivity contribution < 1.29 is 9.59 Å². The van der Waals surface area contributed by atoms with Gasteiger partial charge >= 0.3 is 0 Å². The van der Waals surface area contributed by atoms with Crippen molar-refractivity contribution in [2.24, 2.45) is 5.73 Å². The van der Waals surface area contributed by atoms with Crippen molar-refractivity contribution in [2.45, 2.75) is 37.1 Å². The van der Waals surface area contributed by atoms with E-state index in [1.165, 1.54) is 0 Å². The van der Waals surface area contributed by atoms with Gasteiger partial charge in [0.25, 0.3) is 0 Å². The smallest absolute Gasteiger partial charge is 0.240 e. The molecule has 5 nitrogen and oxygen atoms in total. The number of nitrogens with zero attached hydrogens (tertiary/aromatic N) is 1. The van der Waals surface area contributed by atoms with E-state index >= 15 is 0 Å². The van der Waals surface area contributed by atoms with Gasteiger partial charge in [0.05, 0.1) is 11.5 Å². The van der Waals surface area contributed by atoms with E-state index < -0.39 is 17.4 Å². The van der Waals surface area contributed by atoms with E-state index in [0.717, 1.165) is 16.7 Å². The predicted octanol–water partition coefficient (Wildman–Crippen LogP) is 4.08. The summed E-state index contributed by atoms with van der Waals surface area (Å²) in [5.41, 5.74) is 7.72. The van der Waals surface area contributed by atoms with Crippen LogP contribution in [0.15, 0.2) is 91.0 Å². The SMILES string of the molecule is N#CCCC[C@H](NC(=O)CC(c1ccccc1)(c1ccccc1)c1ccccc1)C(N)=O. The summed E-state index contributed by atoms with van der Waals surface area (Å²) >= 11 is 0. The quantitative estimate of drug-likeness (QED) is 0.378. The van der Waals surface area contributed by atoms with E-state index in [9.17, 15) is 9.59 Å². The summed E-state index contributed by atoms with van der Waals surface area (Å²) in [5.74, 6) is -0.872. The number of nitrogens with one attached hydrogen (secondary N) is 1. The molecule has 0 aliphatic rings. The second-order valence-corrected chi connectivity index (χ2v) is 7.75. The first-order chi connectivity index (χ1) is 15.6. The molecule has 0 unspecified atom stereocenters. The van der Waals surface area contributed by atoms with E-state index in [0.29, 0.717) is 19.3 Å². The molecule has 0 bridgehead atoms. The summed E-state index contributed by atoms with van der Waals surface area (Å²) in [6.45, 7) is 0. The molecular weight excluding hydrogens is 398 g/mol. The minimum atomic E-state index is -0.809. The summed E-state index contributed by atoms with van der Waals surface area (Å²) in [4.78, 5) is 25.3. The fourth-order valence-electron chi connectivity index (χ4n) is 4.13. The minimum Gasteiger partial charge on any atom is -0.368 e. The number of hydrogen-bond donors (Lipinski definition) is 2. The van der Waals surface area contributed by atoms with Crippen molar-refractivity contribution in [3.8, 4) is 6.07 Å². The van der Waals surface area contributed by atoms with Gasteiger partial charge in [0.2, 0.25) is 11.8 Å². The maximum atomic E-state index is 13.3. The average molecular weight is 426 g/mol. The molecule has 162 valence electrons. The van der Waals surface area contributed by atoms with Crippen molar-refractivity contribution in [1.82, 2.24) is 5.32 Å². The molecule has 1 atom stereocenters. The zero-order chi connectivity index (χ0) is 22.8. The molecular formula is C27H27N3O2. The number of carbonyl (C=O) groups is 2. The van der Waals surface area contributed by atoms with Crippen molar-refractivity contribution in [1.29, 1.82) is 5.26 Å². The highest BCUT2D eigenvalue weighted by molar-refractivity contribution is 5.87. The van der Waals surface area contributed by atoms with Gasteiger partial charge < -0.3 is 11.1 Å². The number of rotatable bonds is 10. The predicted molar refractivity (Wildman–Crippen MR) is 124 cm³/mol. The van der Waals surface area contributed by atoms with Gasteiger partial charge in [0, 0.05) is 12.8 Å². The molecule has 0 aliphatic heterocycles. The maximum absolute atomic E-state index is 13.3. The molecule has 0 spiro atoms. The molecule has 5 heteroatoms. The molecule has 2 amide bonds. The maximum Gasteiger partial charge on any atom is 0.240 e. The van der Waals surface area contributed by atoms with E-state index in [-0.39, 0.29) is 12.3 Å². The van der Waals surface area contributed by atoms with Crippen LogP contribution in [0.4, 0.5) is 0 Å². The molecule has 0 fully saturated rings. The third-order valence-corrected chi connectivity index (χ3v) is 5.69. The molecule has 0 heterocycles. The minimum absolute atomic E-state index is 0.104. The standard InChI is InChI=1S/C27H27N3O2/c28-19-11-10-18-24(26(29)32)30-25(31)20-27(21-12-4-1-5-13-21,22-14-6-2-7-15-22)23-16-8-3-9-17-23/h1-9,12-17,24H,10-11,18,20H2,(H2,29,32)(H,30,31)/t24-/m0/s1. The number of hydrogen-bond acceptors (Lipinski definition) is 3. The van der Waals surface area contributed by atoms with Crippen molar-refractivity contribution >= 4 is 11.8 Å². The van der Waals surface area contributed by atoms with Gasteiger partial charge in [-0.3, -0.25) is 9.59 Å². The summed E-state index contributed by atoms with van der Waals surface area (Å²) in [6.07, 6.45) is 1.24. The highest BCUT2D eigenvalue weighted by atomic mass is 16.2. The van der Waals surface area contributed by atoms with Crippen LogP contribution in [0.3, 0.4) is 0 Å². The Morgan fingerprint density at radius 3 is 1.66 bits per heavy atom.